The summed E-state index contributed by atoms with van der Waals surface area (Å²) in [6, 6.07) is 20.2. The number of hydrogen-bond donors (Lipinski definition) is 2. The number of nitrogens with one attached hydrogen (secondary N) is 1. The molecule has 0 bridgehead atoms. The van der Waals surface area contributed by atoms with Gasteiger partial charge in [-0.15, -0.1) is 0 Å². The van der Waals surface area contributed by atoms with E-state index in [0.29, 0.717) is 33.5 Å². The molecule has 4 rings (SSSR count). The zero-order valence-electron chi connectivity index (χ0n) is 18.3. The van der Waals surface area contributed by atoms with Crippen molar-refractivity contribution in [3.05, 3.63) is 99.2 Å². The van der Waals surface area contributed by atoms with Crippen LogP contribution >= 0.6 is 0 Å². The lowest BCUT2D eigenvalue weighted by Crippen LogP contribution is -2.14. The summed E-state index contributed by atoms with van der Waals surface area (Å²) in [5.41, 5.74) is 4.68. The van der Waals surface area contributed by atoms with Gasteiger partial charge in [0.1, 0.15) is 18.0 Å². The molecule has 32 heavy (non-hydrogen) atoms. The van der Waals surface area contributed by atoms with Crippen molar-refractivity contribution < 1.29 is 14.3 Å². The first kappa shape index (κ1) is 21.5. The van der Waals surface area contributed by atoms with Gasteiger partial charge in [-0.05, 0) is 44.5 Å². The summed E-state index contributed by atoms with van der Waals surface area (Å²) in [4.78, 5) is 25.4. The molecule has 4 aromatic rings. The number of fused-ring (bicyclic) bond motifs is 1. The minimum atomic E-state index is -0.560. The Morgan fingerprint density at radius 2 is 1.72 bits per heavy atom. The van der Waals surface area contributed by atoms with Gasteiger partial charge in [0.25, 0.3) is 0 Å². The van der Waals surface area contributed by atoms with Gasteiger partial charge in [0.15, 0.2) is 11.2 Å². The van der Waals surface area contributed by atoms with Crippen molar-refractivity contribution in [1.29, 1.82) is 0 Å². The average molecular weight is 428 g/mol. The molecule has 0 saturated heterocycles. The van der Waals surface area contributed by atoms with Crippen molar-refractivity contribution in [3.8, 4) is 11.3 Å². The number of carbonyl (C=O) groups is 1. The predicted octanol–water partition coefficient (Wildman–Crippen LogP) is 5.42. The molecule has 0 spiro atoms. The molecular formula is C27H25NO4. The van der Waals surface area contributed by atoms with E-state index in [2.05, 4.69) is 5.32 Å². The fraction of sp³-hybridized carbons (Fsp3) is 0.185. The van der Waals surface area contributed by atoms with Crippen molar-refractivity contribution in [3.63, 3.8) is 0 Å². The van der Waals surface area contributed by atoms with Crippen LogP contribution < -0.4 is 10.7 Å². The Bertz CT molecular complexity index is 1360. The van der Waals surface area contributed by atoms with Crippen LogP contribution in [0.1, 0.15) is 40.0 Å². The van der Waals surface area contributed by atoms with Crippen molar-refractivity contribution in [2.24, 2.45) is 0 Å². The molecule has 2 N–H and O–H groups in total. The van der Waals surface area contributed by atoms with Crippen LogP contribution in [0.2, 0.25) is 0 Å². The van der Waals surface area contributed by atoms with Crippen molar-refractivity contribution in [1.82, 2.24) is 0 Å². The fourth-order valence-corrected chi connectivity index (χ4v) is 4.00. The molecule has 5 heteroatoms. The Balaban J connectivity index is 1.87. The predicted molar refractivity (Wildman–Crippen MR) is 127 cm³/mol. The molecule has 0 aliphatic carbocycles. The van der Waals surface area contributed by atoms with Crippen LogP contribution in [0.3, 0.4) is 0 Å². The maximum Gasteiger partial charge on any atom is 0.196 e. The topological polar surface area (TPSA) is 79.5 Å². The van der Waals surface area contributed by atoms with E-state index in [0.717, 1.165) is 16.7 Å². The van der Waals surface area contributed by atoms with E-state index in [1.807, 2.05) is 62.4 Å². The lowest BCUT2D eigenvalue weighted by atomic mass is 9.98. The first-order chi connectivity index (χ1) is 15.4. The number of ketones is 1. The minimum absolute atomic E-state index is 0.0573. The molecule has 0 radical (unpaired) electrons. The highest BCUT2D eigenvalue weighted by atomic mass is 16.3. The second-order valence-corrected chi connectivity index (χ2v) is 7.98. The normalized spacial score (nSPS) is 12.0. The summed E-state index contributed by atoms with van der Waals surface area (Å²) in [5.74, 6) is 0.194. The number of hydrogen-bond acceptors (Lipinski definition) is 5. The van der Waals surface area contributed by atoms with E-state index < -0.39 is 6.61 Å². The molecule has 5 nitrogen and oxygen atoms in total. The fourth-order valence-electron chi connectivity index (χ4n) is 4.00. The summed E-state index contributed by atoms with van der Waals surface area (Å²) in [6.45, 7) is 5.12. The number of Topliss-reactive ketones (excluding diaryl/α,β-unsaturated/α-hetero) is 1. The number of benzene rings is 3. The van der Waals surface area contributed by atoms with E-state index in [1.54, 1.807) is 25.1 Å². The van der Waals surface area contributed by atoms with E-state index in [1.165, 1.54) is 0 Å². The van der Waals surface area contributed by atoms with Gasteiger partial charge in [0, 0.05) is 27.9 Å². The molecule has 0 fully saturated rings. The summed E-state index contributed by atoms with van der Waals surface area (Å²) in [6.07, 6.45) is 0. The van der Waals surface area contributed by atoms with Gasteiger partial charge < -0.3 is 14.8 Å². The molecule has 3 aromatic carbocycles. The average Bonchev–Trinajstić information content (AvgIpc) is 2.81. The number of aliphatic hydroxyl groups excluding tert-OH is 1. The van der Waals surface area contributed by atoms with Gasteiger partial charge in [-0.3, -0.25) is 9.59 Å². The number of rotatable bonds is 6. The van der Waals surface area contributed by atoms with Crippen LogP contribution in [0.15, 0.2) is 75.9 Å². The van der Waals surface area contributed by atoms with Crippen LogP contribution in [-0.2, 0) is 0 Å². The third-order valence-electron chi connectivity index (χ3n) is 5.64. The monoisotopic (exact) mass is 427 g/mol. The quantitative estimate of drug-likeness (QED) is 0.402. The van der Waals surface area contributed by atoms with Gasteiger partial charge in [0.2, 0.25) is 0 Å². The number of anilines is 1. The molecule has 0 amide bonds. The Morgan fingerprint density at radius 3 is 2.44 bits per heavy atom. The lowest BCUT2D eigenvalue weighted by molar-refractivity contribution is 0.0904. The SMILES string of the molecule is Cc1cc(C(C)Nc2ccccc2C(=O)CO)c2oc(-c3ccccc3)c(C)c(=O)c2c1. The van der Waals surface area contributed by atoms with Crippen LogP contribution in [-0.4, -0.2) is 17.5 Å². The van der Waals surface area contributed by atoms with E-state index in [4.69, 9.17) is 4.42 Å². The summed E-state index contributed by atoms with van der Waals surface area (Å²) >= 11 is 0. The van der Waals surface area contributed by atoms with Crippen molar-refractivity contribution in [2.75, 3.05) is 11.9 Å². The highest BCUT2D eigenvalue weighted by Crippen LogP contribution is 2.32. The number of aryl methyl sites for hydroxylation is 1. The molecule has 0 aliphatic heterocycles. The largest absolute Gasteiger partial charge is 0.455 e. The van der Waals surface area contributed by atoms with Crippen LogP contribution in [0.5, 0.6) is 0 Å². The van der Waals surface area contributed by atoms with Crippen LogP contribution in [0.25, 0.3) is 22.3 Å². The molecule has 1 heterocycles. The highest BCUT2D eigenvalue weighted by molar-refractivity contribution is 6.02. The second-order valence-electron chi connectivity index (χ2n) is 7.98. The zero-order chi connectivity index (χ0) is 22.8. The molecule has 162 valence electrons. The maximum atomic E-state index is 13.2. The Labute approximate surface area is 186 Å². The molecule has 1 unspecified atom stereocenters. The summed E-state index contributed by atoms with van der Waals surface area (Å²) < 4.78 is 6.36. The zero-order valence-corrected chi connectivity index (χ0v) is 18.3. The standard InChI is InChI=1S/C27H25NO4/c1-16-13-21(18(3)28-23-12-8-7-11-20(23)24(30)15-29)27-22(14-16)25(31)17(2)26(32-27)19-9-5-4-6-10-19/h4-14,18,28-29H,15H2,1-3H3. The minimum Gasteiger partial charge on any atom is -0.455 e. The Kier molecular flexibility index (Phi) is 5.93. The van der Waals surface area contributed by atoms with Crippen LogP contribution in [0.4, 0.5) is 5.69 Å². The summed E-state index contributed by atoms with van der Waals surface area (Å²) in [5, 5.41) is 13.2. The van der Waals surface area contributed by atoms with Crippen molar-refractivity contribution in [2.45, 2.75) is 26.8 Å². The highest BCUT2D eigenvalue weighted by Gasteiger charge is 2.20. The number of aliphatic hydroxyl groups is 1. The Morgan fingerprint density at radius 1 is 1.03 bits per heavy atom. The molecule has 0 aliphatic rings. The van der Waals surface area contributed by atoms with E-state index >= 15 is 0 Å². The van der Waals surface area contributed by atoms with Gasteiger partial charge in [-0.25, -0.2) is 0 Å². The molecular weight excluding hydrogens is 402 g/mol. The molecule has 1 atom stereocenters. The van der Waals surface area contributed by atoms with Gasteiger partial charge in [-0.1, -0.05) is 48.5 Å². The summed E-state index contributed by atoms with van der Waals surface area (Å²) in [7, 11) is 0. The molecule has 1 aromatic heterocycles. The third-order valence-corrected chi connectivity index (χ3v) is 5.64. The first-order valence-electron chi connectivity index (χ1n) is 10.5. The number of para-hydroxylation sites is 1. The number of carbonyl (C=O) groups excluding carboxylic acids is 1. The van der Waals surface area contributed by atoms with Gasteiger partial charge >= 0.3 is 0 Å². The Hall–Kier alpha value is -3.70. The second kappa shape index (κ2) is 8.81. The first-order valence-corrected chi connectivity index (χ1v) is 10.5. The van der Waals surface area contributed by atoms with Crippen LogP contribution in [0, 0.1) is 13.8 Å². The van der Waals surface area contributed by atoms with Gasteiger partial charge in [-0.2, -0.15) is 0 Å². The third kappa shape index (κ3) is 3.95. The molecule has 0 saturated carbocycles. The van der Waals surface area contributed by atoms with Crippen molar-refractivity contribution >= 4 is 22.4 Å². The maximum absolute atomic E-state index is 13.2. The smallest absolute Gasteiger partial charge is 0.196 e. The lowest BCUT2D eigenvalue weighted by Gasteiger charge is -2.20. The van der Waals surface area contributed by atoms with E-state index in [-0.39, 0.29) is 17.3 Å². The van der Waals surface area contributed by atoms with Gasteiger partial charge in [0.05, 0.1) is 11.4 Å². The van der Waals surface area contributed by atoms with E-state index in [9.17, 15) is 14.7 Å².